The second-order valence-electron chi connectivity index (χ2n) is 19.4. The van der Waals surface area contributed by atoms with Gasteiger partial charge < -0.3 is 40.3 Å². The van der Waals surface area contributed by atoms with E-state index in [-0.39, 0.29) is 12.5 Å². The number of amides is 1. The molecule has 9 heteroatoms. The van der Waals surface area contributed by atoms with Crippen LogP contribution in [0.25, 0.3) is 0 Å². The van der Waals surface area contributed by atoms with Crippen molar-refractivity contribution < 1.29 is 39.8 Å². The highest BCUT2D eigenvalue weighted by atomic mass is 16.7. The highest BCUT2D eigenvalue weighted by Crippen LogP contribution is 2.23. The molecule has 1 aliphatic heterocycles. The van der Waals surface area contributed by atoms with E-state index in [1.165, 1.54) is 154 Å². The molecule has 0 aromatic rings. The summed E-state index contributed by atoms with van der Waals surface area (Å²) >= 11 is 0. The summed E-state index contributed by atoms with van der Waals surface area (Å²) in [5, 5.41) is 54.7. The fourth-order valence-electron chi connectivity index (χ4n) is 8.80. The zero-order valence-corrected chi connectivity index (χ0v) is 42.7. The van der Waals surface area contributed by atoms with Crippen LogP contribution in [-0.4, -0.2) is 87.5 Å². The summed E-state index contributed by atoms with van der Waals surface area (Å²) in [6.07, 6.45) is 54.1. The normalized spacial score (nSPS) is 20.1. The molecule has 1 saturated heterocycles. The minimum atomic E-state index is -1.56. The lowest BCUT2D eigenvalue weighted by Crippen LogP contribution is -2.60. The molecule has 7 atom stereocenters. The van der Waals surface area contributed by atoms with Crippen LogP contribution in [-0.2, 0) is 14.3 Å². The zero-order chi connectivity index (χ0) is 48.0. The van der Waals surface area contributed by atoms with Gasteiger partial charge in [0.05, 0.1) is 25.4 Å². The summed E-state index contributed by atoms with van der Waals surface area (Å²) in [7, 11) is 0. The third kappa shape index (κ3) is 36.2. The van der Waals surface area contributed by atoms with E-state index in [1.807, 2.05) is 0 Å². The topological polar surface area (TPSA) is 149 Å². The van der Waals surface area contributed by atoms with Gasteiger partial charge in [0.25, 0.3) is 0 Å². The molecule has 0 aromatic carbocycles. The number of carbonyl (C=O) groups is 1. The van der Waals surface area contributed by atoms with E-state index in [9.17, 15) is 30.3 Å². The zero-order valence-electron chi connectivity index (χ0n) is 42.7. The second-order valence-corrected chi connectivity index (χ2v) is 19.4. The van der Waals surface area contributed by atoms with Gasteiger partial charge in [0.15, 0.2) is 6.29 Å². The average molecular weight is 932 g/mol. The van der Waals surface area contributed by atoms with E-state index < -0.39 is 49.5 Å². The monoisotopic (exact) mass is 932 g/mol. The third-order valence-electron chi connectivity index (χ3n) is 13.2. The van der Waals surface area contributed by atoms with Crippen molar-refractivity contribution in [1.29, 1.82) is 0 Å². The Balaban J connectivity index is 2.23. The van der Waals surface area contributed by atoms with Gasteiger partial charge in [-0.15, -0.1) is 0 Å². The Hall–Kier alpha value is -1.85. The van der Waals surface area contributed by atoms with Crippen molar-refractivity contribution in [3.8, 4) is 0 Å². The lowest BCUT2D eigenvalue weighted by atomic mass is 9.99. The van der Waals surface area contributed by atoms with E-state index in [1.54, 1.807) is 0 Å². The highest BCUT2D eigenvalue weighted by Gasteiger charge is 2.44. The number of rotatable bonds is 47. The summed E-state index contributed by atoms with van der Waals surface area (Å²) in [5.41, 5.74) is 0. The minimum absolute atomic E-state index is 0.140. The number of unbranched alkanes of at least 4 members (excludes halogenated alkanes) is 29. The molecule has 9 nitrogen and oxygen atoms in total. The highest BCUT2D eigenvalue weighted by molar-refractivity contribution is 5.76. The van der Waals surface area contributed by atoms with Gasteiger partial charge in [-0.2, -0.15) is 0 Å². The van der Waals surface area contributed by atoms with Crippen LogP contribution in [0.4, 0.5) is 0 Å². The van der Waals surface area contributed by atoms with Crippen molar-refractivity contribution in [2.75, 3.05) is 13.2 Å². The number of ether oxygens (including phenoxy) is 2. The van der Waals surface area contributed by atoms with Gasteiger partial charge in [-0.3, -0.25) is 4.79 Å². The standard InChI is InChI=1S/C57H105NO8/c1-3-5-7-9-11-13-15-17-19-21-23-25-26-27-29-31-33-35-37-39-41-43-45-47-53(61)58-50(49-65-57-56(64)55(63)54(62)52(48-59)66-57)51(60)46-44-42-40-38-36-34-32-30-28-24-22-20-18-16-14-12-10-8-6-4-2/h5,7,11,13,17,19,23,25,50-52,54-57,59-60,62-64H,3-4,6,8-10,12,14-16,18,20-22,24,26-49H2,1-2H3,(H,58,61)/b7-5-,13-11-,19-17-,25-23-. The summed E-state index contributed by atoms with van der Waals surface area (Å²) in [4.78, 5) is 13.1. The van der Waals surface area contributed by atoms with E-state index in [0.29, 0.717) is 12.8 Å². The van der Waals surface area contributed by atoms with Crippen LogP contribution in [0.3, 0.4) is 0 Å². The fourth-order valence-corrected chi connectivity index (χ4v) is 8.80. The van der Waals surface area contributed by atoms with Crippen molar-refractivity contribution in [2.45, 2.75) is 294 Å². The molecule has 66 heavy (non-hydrogen) atoms. The van der Waals surface area contributed by atoms with Gasteiger partial charge in [-0.05, 0) is 51.4 Å². The van der Waals surface area contributed by atoms with Crippen molar-refractivity contribution >= 4 is 5.91 Å². The van der Waals surface area contributed by atoms with Crippen molar-refractivity contribution in [1.82, 2.24) is 5.32 Å². The number of hydrogen-bond acceptors (Lipinski definition) is 8. The Morgan fingerprint density at radius 3 is 1.39 bits per heavy atom. The lowest BCUT2D eigenvalue weighted by Gasteiger charge is -2.40. The van der Waals surface area contributed by atoms with Gasteiger partial charge in [-0.1, -0.05) is 242 Å². The van der Waals surface area contributed by atoms with E-state index in [4.69, 9.17) is 9.47 Å². The van der Waals surface area contributed by atoms with E-state index in [0.717, 1.165) is 70.6 Å². The number of nitrogens with one attached hydrogen (secondary N) is 1. The molecular weight excluding hydrogens is 827 g/mol. The molecule has 0 spiro atoms. The first-order valence-corrected chi connectivity index (χ1v) is 27.8. The molecule has 6 N–H and O–H groups in total. The van der Waals surface area contributed by atoms with Gasteiger partial charge >= 0.3 is 0 Å². The Labute approximate surface area is 405 Å². The fraction of sp³-hybridized carbons (Fsp3) is 0.842. The summed E-state index contributed by atoms with van der Waals surface area (Å²) in [6, 6.07) is -0.723. The number of carbonyl (C=O) groups excluding carboxylic acids is 1. The number of hydrogen-bond donors (Lipinski definition) is 6. The first-order chi connectivity index (χ1) is 32.3. The second kappa shape index (κ2) is 46.9. The Morgan fingerprint density at radius 1 is 0.530 bits per heavy atom. The SMILES string of the molecule is CC/C=C\C/C=C\C/C=C\C/C=C\CCCCCCCCCCCCC(=O)NC(COC1OC(CO)C(O)C(O)C1O)C(O)CCCCCCCCCCCCCCCCCCCCCC. The molecule has 1 fully saturated rings. The molecule has 7 unspecified atom stereocenters. The molecule has 0 bridgehead atoms. The largest absolute Gasteiger partial charge is 0.394 e. The molecule has 1 aliphatic rings. The quantitative estimate of drug-likeness (QED) is 0.0261. The van der Waals surface area contributed by atoms with Crippen molar-refractivity contribution in [3.63, 3.8) is 0 Å². The molecule has 0 aliphatic carbocycles. The molecule has 1 heterocycles. The molecule has 0 radical (unpaired) electrons. The molecule has 0 saturated carbocycles. The third-order valence-corrected chi connectivity index (χ3v) is 13.2. The first kappa shape index (κ1) is 62.2. The van der Waals surface area contributed by atoms with Gasteiger partial charge in [0.2, 0.25) is 5.91 Å². The van der Waals surface area contributed by atoms with Gasteiger partial charge in [-0.25, -0.2) is 0 Å². The molecule has 386 valence electrons. The number of aliphatic hydroxyl groups excluding tert-OH is 5. The molecule has 0 aromatic heterocycles. The number of allylic oxidation sites excluding steroid dienone is 8. The Kier molecular flexibility index (Phi) is 44.1. The smallest absolute Gasteiger partial charge is 0.220 e. The van der Waals surface area contributed by atoms with Crippen molar-refractivity contribution in [2.24, 2.45) is 0 Å². The van der Waals surface area contributed by atoms with E-state index in [2.05, 4.69) is 67.8 Å². The predicted molar refractivity (Wildman–Crippen MR) is 276 cm³/mol. The van der Waals surface area contributed by atoms with Crippen LogP contribution in [0, 0.1) is 0 Å². The van der Waals surface area contributed by atoms with Crippen LogP contribution in [0.2, 0.25) is 0 Å². The Bertz CT molecular complexity index is 1170. The Morgan fingerprint density at radius 2 is 0.939 bits per heavy atom. The minimum Gasteiger partial charge on any atom is -0.394 e. The van der Waals surface area contributed by atoms with Gasteiger partial charge in [0.1, 0.15) is 24.4 Å². The maximum absolute atomic E-state index is 13.1. The summed E-state index contributed by atoms with van der Waals surface area (Å²) in [5.74, 6) is -0.148. The molecule has 1 amide bonds. The predicted octanol–water partition coefficient (Wildman–Crippen LogP) is 13.3. The van der Waals surface area contributed by atoms with Gasteiger partial charge in [0, 0.05) is 6.42 Å². The average Bonchev–Trinajstić information content (AvgIpc) is 3.32. The number of aliphatic hydroxyl groups is 5. The summed E-state index contributed by atoms with van der Waals surface area (Å²) < 4.78 is 11.3. The van der Waals surface area contributed by atoms with Crippen LogP contribution in [0.1, 0.15) is 251 Å². The molecule has 1 rings (SSSR count). The lowest BCUT2D eigenvalue weighted by molar-refractivity contribution is -0.302. The van der Waals surface area contributed by atoms with Crippen LogP contribution >= 0.6 is 0 Å². The van der Waals surface area contributed by atoms with Crippen LogP contribution in [0.5, 0.6) is 0 Å². The first-order valence-electron chi connectivity index (χ1n) is 27.8. The molecular formula is C57H105NO8. The van der Waals surface area contributed by atoms with Crippen LogP contribution < -0.4 is 5.32 Å². The maximum Gasteiger partial charge on any atom is 0.220 e. The van der Waals surface area contributed by atoms with Crippen LogP contribution in [0.15, 0.2) is 48.6 Å². The van der Waals surface area contributed by atoms with E-state index >= 15 is 0 Å². The van der Waals surface area contributed by atoms with Crippen molar-refractivity contribution in [3.05, 3.63) is 48.6 Å². The maximum atomic E-state index is 13.1. The summed E-state index contributed by atoms with van der Waals surface area (Å²) in [6.45, 7) is 3.74.